The molecular formula is C23H33N. The van der Waals surface area contributed by atoms with Crippen LogP contribution in [-0.2, 0) is 6.42 Å². The highest BCUT2D eigenvalue weighted by atomic mass is 14.5. The van der Waals surface area contributed by atoms with E-state index in [0.717, 1.165) is 12.1 Å². The Labute approximate surface area is 148 Å². The van der Waals surface area contributed by atoms with E-state index in [4.69, 9.17) is 5.73 Å². The maximum Gasteiger partial charge on any atom is 0.0314 e. The van der Waals surface area contributed by atoms with Crippen LogP contribution in [0.25, 0.3) is 0 Å². The Hall–Kier alpha value is -1.76. The fourth-order valence-electron chi connectivity index (χ4n) is 3.57. The molecule has 0 fully saturated rings. The molecule has 0 radical (unpaired) electrons. The topological polar surface area (TPSA) is 26.0 Å². The van der Waals surface area contributed by atoms with Crippen LogP contribution in [0.1, 0.15) is 81.4 Å². The zero-order valence-corrected chi connectivity index (χ0v) is 15.4. The van der Waals surface area contributed by atoms with Gasteiger partial charge in [-0.25, -0.2) is 0 Å². The van der Waals surface area contributed by atoms with Crippen molar-refractivity contribution >= 4 is 5.69 Å². The second-order valence-electron chi connectivity index (χ2n) is 6.95. The molecule has 0 saturated carbocycles. The molecule has 1 nitrogen and oxygen atoms in total. The smallest absolute Gasteiger partial charge is 0.0314 e. The summed E-state index contributed by atoms with van der Waals surface area (Å²) in [7, 11) is 0. The summed E-state index contributed by atoms with van der Waals surface area (Å²) in [5.74, 6) is 0.705. The molecule has 1 atom stereocenters. The average Bonchev–Trinajstić information content (AvgIpc) is 2.60. The van der Waals surface area contributed by atoms with Gasteiger partial charge in [-0.1, -0.05) is 82.3 Å². The average molecular weight is 324 g/mol. The van der Waals surface area contributed by atoms with Crippen LogP contribution >= 0.6 is 0 Å². The minimum Gasteiger partial charge on any atom is -0.399 e. The molecule has 0 amide bonds. The second kappa shape index (κ2) is 10.2. The molecule has 1 heteroatoms. The van der Waals surface area contributed by atoms with Crippen LogP contribution < -0.4 is 5.73 Å². The van der Waals surface area contributed by atoms with Crippen LogP contribution in [0.2, 0.25) is 0 Å². The Morgan fingerprint density at radius 3 is 2.25 bits per heavy atom. The van der Waals surface area contributed by atoms with Gasteiger partial charge in [-0.15, -0.1) is 0 Å². The van der Waals surface area contributed by atoms with E-state index in [1.807, 2.05) is 12.1 Å². The van der Waals surface area contributed by atoms with Crippen molar-refractivity contribution in [3.8, 4) is 0 Å². The molecule has 0 saturated heterocycles. The Morgan fingerprint density at radius 2 is 1.54 bits per heavy atom. The number of anilines is 1. The predicted octanol–water partition coefficient (Wildman–Crippen LogP) is 6.71. The minimum atomic E-state index is 0.705. The number of unbranched alkanes of at least 4 members (excludes halogenated alkanes) is 3. The molecular weight excluding hydrogens is 290 g/mol. The summed E-state index contributed by atoms with van der Waals surface area (Å²) in [4.78, 5) is 0. The van der Waals surface area contributed by atoms with Gasteiger partial charge in [0.1, 0.15) is 0 Å². The van der Waals surface area contributed by atoms with Crippen LogP contribution in [0.4, 0.5) is 5.69 Å². The summed E-state index contributed by atoms with van der Waals surface area (Å²) in [6.45, 7) is 4.59. The number of hydrogen-bond acceptors (Lipinski definition) is 1. The maximum atomic E-state index is 5.82. The maximum absolute atomic E-state index is 5.82. The lowest BCUT2D eigenvalue weighted by molar-refractivity contribution is 0.519. The van der Waals surface area contributed by atoms with Gasteiger partial charge in [0.15, 0.2) is 0 Å². The van der Waals surface area contributed by atoms with Gasteiger partial charge in [0.05, 0.1) is 0 Å². The van der Waals surface area contributed by atoms with Gasteiger partial charge in [-0.3, -0.25) is 0 Å². The normalized spacial score (nSPS) is 12.2. The van der Waals surface area contributed by atoms with E-state index >= 15 is 0 Å². The van der Waals surface area contributed by atoms with Gasteiger partial charge in [0.2, 0.25) is 0 Å². The van der Waals surface area contributed by atoms with Crippen LogP contribution in [0.5, 0.6) is 0 Å². The third-order valence-electron chi connectivity index (χ3n) is 4.91. The van der Waals surface area contributed by atoms with Crippen LogP contribution in [-0.4, -0.2) is 0 Å². The molecule has 0 aromatic heterocycles. The van der Waals surface area contributed by atoms with Gasteiger partial charge in [-0.05, 0) is 54.0 Å². The Balaban J connectivity index is 2.12. The Kier molecular flexibility index (Phi) is 7.88. The van der Waals surface area contributed by atoms with E-state index < -0.39 is 0 Å². The van der Waals surface area contributed by atoms with Crippen molar-refractivity contribution in [1.82, 2.24) is 0 Å². The molecule has 0 bridgehead atoms. The first-order valence-electron chi connectivity index (χ1n) is 9.66. The molecule has 2 N–H and O–H groups in total. The van der Waals surface area contributed by atoms with Crippen LogP contribution in [0.3, 0.4) is 0 Å². The van der Waals surface area contributed by atoms with Gasteiger partial charge in [0, 0.05) is 5.69 Å². The molecule has 1 unspecified atom stereocenters. The highest BCUT2D eigenvalue weighted by Crippen LogP contribution is 2.31. The summed E-state index contributed by atoms with van der Waals surface area (Å²) in [6, 6.07) is 17.4. The van der Waals surface area contributed by atoms with Gasteiger partial charge in [-0.2, -0.15) is 0 Å². The molecule has 0 heterocycles. The number of nitrogens with two attached hydrogens (primary N) is 1. The van der Waals surface area contributed by atoms with E-state index in [1.54, 1.807) is 5.56 Å². The number of nitrogen functional groups attached to an aromatic ring is 1. The van der Waals surface area contributed by atoms with E-state index in [1.165, 1.54) is 56.1 Å². The summed E-state index contributed by atoms with van der Waals surface area (Å²) < 4.78 is 0. The first-order chi connectivity index (χ1) is 11.7. The molecule has 24 heavy (non-hydrogen) atoms. The lowest BCUT2D eigenvalue weighted by atomic mass is 9.85. The second-order valence-corrected chi connectivity index (χ2v) is 6.95. The van der Waals surface area contributed by atoms with Crippen LogP contribution in [0.15, 0.2) is 48.5 Å². The molecule has 0 aliphatic heterocycles. The lowest BCUT2D eigenvalue weighted by Gasteiger charge is -2.20. The molecule has 0 aliphatic carbocycles. The highest BCUT2D eigenvalue weighted by Gasteiger charge is 2.14. The zero-order valence-electron chi connectivity index (χ0n) is 15.4. The molecule has 0 aliphatic rings. The Morgan fingerprint density at radius 1 is 0.792 bits per heavy atom. The van der Waals surface area contributed by atoms with Gasteiger partial charge in [0.25, 0.3) is 0 Å². The van der Waals surface area contributed by atoms with E-state index in [9.17, 15) is 0 Å². The fraction of sp³-hybridized carbons (Fsp3) is 0.478. The van der Waals surface area contributed by atoms with E-state index in [2.05, 4.69) is 50.2 Å². The van der Waals surface area contributed by atoms with Crippen molar-refractivity contribution in [2.75, 3.05) is 5.73 Å². The molecule has 0 spiro atoms. The number of rotatable bonds is 10. The monoisotopic (exact) mass is 323 g/mol. The minimum absolute atomic E-state index is 0.705. The van der Waals surface area contributed by atoms with Crippen molar-refractivity contribution in [1.29, 1.82) is 0 Å². The largest absolute Gasteiger partial charge is 0.399 e. The highest BCUT2D eigenvalue weighted by molar-refractivity contribution is 5.42. The zero-order chi connectivity index (χ0) is 17.2. The number of hydrogen-bond donors (Lipinski definition) is 1. The van der Waals surface area contributed by atoms with Crippen molar-refractivity contribution in [2.24, 2.45) is 0 Å². The summed E-state index contributed by atoms with van der Waals surface area (Å²) >= 11 is 0. The quantitative estimate of drug-likeness (QED) is 0.381. The van der Waals surface area contributed by atoms with Crippen LogP contribution in [0, 0.1) is 0 Å². The predicted molar refractivity (Wildman–Crippen MR) is 107 cm³/mol. The first kappa shape index (κ1) is 18.6. The molecule has 130 valence electrons. The first-order valence-corrected chi connectivity index (χ1v) is 9.66. The van der Waals surface area contributed by atoms with Crippen molar-refractivity contribution < 1.29 is 0 Å². The van der Waals surface area contributed by atoms with E-state index in [0.29, 0.717) is 5.92 Å². The number of benzene rings is 2. The van der Waals surface area contributed by atoms with Gasteiger partial charge >= 0.3 is 0 Å². The SMILES string of the molecule is CCCCCCC(CCC)c1ccccc1Cc1ccc(N)cc1. The van der Waals surface area contributed by atoms with Crippen molar-refractivity contribution in [2.45, 2.75) is 71.1 Å². The standard InChI is InChI=1S/C23H33N/c1-3-5-6-7-11-20(10-4-2)23-13-9-8-12-21(23)18-19-14-16-22(24)17-15-19/h8-9,12-17,20H,3-7,10-11,18,24H2,1-2H3. The summed E-state index contributed by atoms with van der Waals surface area (Å²) in [6.07, 6.45) is 10.3. The van der Waals surface area contributed by atoms with E-state index in [-0.39, 0.29) is 0 Å². The van der Waals surface area contributed by atoms with Crippen molar-refractivity contribution in [3.05, 3.63) is 65.2 Å². The van der Waals surface area contributed by atoms with Gasteiger partial charge < -0.3 is 5.73 Å². The third kappa shape index (κ3) is 5.70. The third-order valence-corrected chi connectivity index (χ3v) is 4.91. The van der Waals surface area contributed by atoms with Crippen molar-refractivity contribution in [3.63, 3.8) is 0 Å². The molecule has 2 rings (SSSR count). The Bertz CT molecular complexity index is 585. The molecule has 2 aromatic rings. The summed E-state index contributed by atoms with van der Waals surface area (Å²) in [5.41, 5.74) is 11.0. The summed E-state index contributed by atoms with van der Waals surface area (Å²) in [5, 5.41) is 0. The fourth-order valence-corrected chi connectivity index (χ4v) is 3.57. The lowest BCUT2D eigenvalue weighted by Crippen LogP contribution is -2.04. The molecule has 2 aromatic carbocycles.